The van der Waals surface area contributed by atoms with Crippen molar-refractivity contribution in [1.82, 2.24) is 15.2 Å². The van der Waals surface area contributed by atoms with E-state index in [9.17, 15) is 4.79 Å². The lowest BCUT2D eigenvalue weighted by Gasteiger charge is -2.27. The number of benzene rings is 1. The first-order valence-corrected chi connectivity index (χ1v) is 8.95. The normalized spacial score (nSPS) is 19.4. The van der Waals surface area contributed by atoms with E-state index in [2.05, 4.69) is 34.6 Å². The van der Waals surface area contributed by atoms with E-state index in [4.69, 9.17) is 0 Å². The number of hydrogen-bond donors (Lipinski definition) is 2. The third-order valence-corrected chi connectivity index (χ3v) is 5.33. The molecule has 122 valence electrons. The standard InChI is InChI=1S/C19H25N3O/c23-19(20-14-7-2-1-3-8-14)22-12-6-10-16-15-9-4-5-11-17(15)21-18(16)13-22/h4-5,9,11,14,21H,1-3,6-8,10,12-13H2,(H,20,23). The van der Waals surface area contributed by atoms with Crippen molar-refractivity contribution in [3.8, 4) is 0 Å². The monoisotopic (exact) mass is 311 g/mol. The average Bonchev–Trinajstić information content (AvgIpc) is 2.78. The highest BCUT2D eigenvalue weighted by Crippen LogP contribution is 2.27. The minimum absolute atomic E-state index is 0.114. The second-order valence-corrected chi connectivity index (χ2v) is 6.94. The summed E-state index contributed by atoms with van der Waals surface area (Å²) < 4.78 is 0. The lowest BCUT2D eigenvalue weighted by molar-refractivity contribution is 0.187. The van der Waals surface area contributed by atoms with E-state index >= 15 is 0 Å². The third kappa shape index (κ3) is 2.94. The van der Waals surface area contributed by atoms with E-state index in [0.717, 1.165) is 32.2 Å². The average molecular weight is 311 g/mol. The fraction of sp³-hybridized carbons (Fsp3) is 0.526. The number of fused-ring (bicyclic) bond motifs is 3. The van der Waals surface area contributed by atoms with Crippen LogP contribution in [0.1, 0.15) is 49.8 Å². The van der Waals surface area contributed by atoms with Gasteiger partial charge in [0.2, 0.25) is 0 Å². The van der Waals surface area contributed by atoms with Crippen LogP contribution in [-0.4, -0.2) is 28.5 Å². The van der Waals surface area contributed by atoms with Crippen LogP contribution < -0.4 is 5.32 Å². The van der Waals surface area contributed by atoms with Crippen LogP contribution in [0.2, 0.25) is 0 Å². The number of carbonyl (C=O) groups excluding carboxylic acids is 1. The van der Waals surface area contributed by atoms with E-state index in [1.54, 1.807) is 0 Å². The van der Waals surface area contributed by atoms with Crippen LogP contribution in [0.4, 0.5) is 4.79 Å². The van der Waals surface area contributed by atoms with Crippen LogP contribution in [0.15, 0.2) is 24.3 Å². The van der Waals surface area contributed by atoms with E-state index in [-0.39, 0.29) is 6.03 Å². The Kier molecular flexibility index (Phi) is 3.98. The highest BCUT2D eigenvalue weighted by molar-refractivity contribution is 5.85. The molecule has 0 radical (unpaired) electrons. The molecule has 23 heavy (non-hydrogen) atoms. The molecule has 2 aromatic rings. The molecule has 1 aromatic heterocycles. The van der Waals surface area contributed by atoms with Crippen molar-refractivity contribution in [2.45, 2.75) is 57.5 Å². The van der Waals surface area contributed by atoms with Crippen molar-refractivity contribution in [3.63, 3.8) is 0 Å². The molecule has 2 amide bonds. The summed E-state index contributed by atoms with van der Waals surface area (Å²) in [6, 6.07) is 8.95. The number of H-pyrrole nitrogens is 1. The maximum absolute atomic E-state index is 12.6. The second-order valence-electron chi connectivity index (χ2n) is 6.94. The molecular formula is C19H25N3O. The first-order chi connectivity index (χ1) is 11.3. The molecule has 1 aliphatic heterocycles. The van der Waals surface area contributed by atoms with E-state index in [0.29, 0.717) is 12.6 Å². The Morgan fingerprint density at radius 3 is 2.83 bits per heavy atom. The molecule has 0 saturated heterocycles. The quantitative estimate of drug-likeness (QED) is 0.823. The molecular weight excluding hydrogens is 286 g/mol. The van der Waals surface area contributed by atoms with Gasteiger partial charge in [0.05, 0.1) is 6.54 Å². The maximum atomic E-state index is 12.6. The fourth-order valence-corrected chi connectivity index (χ4v) is 4.08. The van der Waals surface area contributed by atoms with Gasteiger partial charge in [-0.2, -0.15) is 0 Å². The number of urea groups is 1. The number of aryl methyl sites for hydroxylation is 1. The molecule has 1 aliphatic carbocycles. The number of aromatic amines is 1. The van der Waals surface area contributed by atoms with Crippen LogP contribution in [0, 0.1) is 0 Å². The van der Waals surface area contributed by atoms with Crippen LogP contribution in [0.3, 0.4) is 0 Å². The van der Waals surface area contributed by atoms with Gasteiger partial charge in [-0.3, -0.25) is 0 Å². The zero-order chi connectivity index (χ0) is 15.6. The number of carbonyl (C=O) groups is 1. The number of para-hydroxylation sites is 1. The lowest BCUT2D eigenvalue weighted by Crippen LogP contribution is -2.45. The molecule has 0 unspecified atom stereocenters. The Morgan fingerprint density at radius 2 is 1.96 bits per heavy atom. The molecule has 1 aromatic carbocycles. The summed E-state index contributed by atoms with van der Waals surface area (Å²) in [5, 5.41) is 4.57. The van der Waals surface area contributed by atoms with E-state index in [1.165, 1.54) is 41.4 Å². The van der Waals surface area contributed by atoms with Crippen LogP contribution >= 0.6 is 0 Å². The fourth-order valence-electron chi connectivity index (χ4n) is 4.08. The summed E-state index contributed by atoms with van der Waals surface area (Å²) in [6.07, 6.45) is 8.16. The molecule has 0 bridgehead atoms. The molecule has 2 N–H and O–H groups in total. The largest absolute Gasteiger partial charge is 0.357 e. The van der Waals surface area contributed by atoms with Crippen LogP contribution in [0.5, 0.6) is 0 Å². The molecule has 1 fully saturated rings. The van der Waals surface area contributed by atoms with E-state index in [1.807, 2.05) is 4.90 Å². The summed E-state index contributed by atoms with van der Waals surface area (Å²) in [7, 11) is 0. The number of rotatable bonds is 1. The van der Waals surface area contributed by atoms with Gasteiger partial charge in [-0.1, -0.05) is 37.5 Å². The SMILES string of the molecule is O=C(NC1CCCCC1)N1CCCc2c([nH]c3ccccc23)C1. The Hall–Kier alpha value is -1.97. The Bertz CT molecular complexity index is 700. The van der Waals surface area contributed by atoms with Gasteiger partial charge >= 0.3 is 6.03 Å². The van der Waals surface area contributed by atoms with Crippen molar-refractivity contribution in [1.29, 1.82) is 0 Å². The van der Waals surface area contributed by atoms with E-state index < -0.39 is 0 Å². The number of aromatic nitrogens is 1. The van der Waals surface area contributed by atoms with Crippen molar-refractivity contribution < 1.29 is 4.79 Å². The molecule has 2 heterocycles. The molecule has 0 spiro atoms. The van der Waals surface area contributed by atoms with Gasteiger partial charge in [-0.05, 0) is 37.3 Å². The van der Waals surface area contributed by atoms with Crippen molar-refractivity contribution in [2.24, 2.45) is 0 Å². The zero-order valence-corrected chi connectivity index (χ0v) is 13.6. The summed E-state index contributed by atoms with van der Waals surface area (Å²) in [5.41, 5.74) is 3.79. The van der Waals surface area contributed by atoms with Crippen LogP contribution in [0.25, 0.3) is 10.9 Å². The lowest BCUT2D eigenvalue weighted by atomic mass is 9.96. The van der Waals surface area contributed by atoms with Gasteiger partial charge in [0.15, 0.2) is 0 Å². The summed E-state index contributed by atoms with van der Waals surface area (Å²) in [5.74, 6) is 0. The summed E-state index contributed by atoms with van der Waals surface area (Å²) in [4.78, 5) is 18.1. The summed E-state index contributed by atoms with van der Waals surface area (Å²) in [6.45, 7) is 1.54. The third-order valence-electron chi connectivity index (χ3n) is 5.33. The van der Waals surface area contributed by atoms with Crippen LogP contribution in [-0.2, 0) is 13.0 Å². The summed E-state index contributed by atoms with van der Waals surface area (Å²) >= 11 is 0. The molecule has 4 heteroatoms. The maximum Gasteiger partial charge on any atom is 0.317 e. The number of nitrogens with one attached hydrogen (secondary N) is 2. The van der Waals surface area contributed by atoms with Gasteiger partial charge in [-0.25, -0.2) is 4.79 Å². The minimum Gasteiger partial charge on any atom is -0.357 e. The van der Waals surface area contributed by atoms with Crippen molar-refractivity contribution in [2.75, 3.05) is 6.54 Å². The van der Waals surface area contributed by atoms with Gasteiger partial charge in [-0.15, -0.1) is 0 Å². The molecule has 4 rings (SSSR count). The Labute approximate surface area is 137 Å². The Morgan fingerprint density at radius 1 is 1.13 bits per heavy atom. The number of amides is 2. The van der Waals surface area contributed by atoms with Crippen molar-refractivity contribution in [3.05, 3.63) is 35.5 Å². The number of nitrogens with zero attached hydrogens (tertiary/aromatic N) is 1. The highest BCUT2D eigenvalue weighted by atomic mass is 16.2. The molecule has 0 atom stereocenters. The van der Waals surface area contributed by atoms with Gasteiger partial charge in [0.1, 0.15) is 0 Å². The van der Waals surface area contributed by atoms with Gasteiger partial charge in [0, 0.05) is 29.2 Å². The topological polar surface area (TPSA) is 48.1 Å². The molecule has 1 saturated carbocycles. The number of hydrogen-bond acceptors (Lipinski definition) is 1. The smallest absolute Gasteiger partial charge is 0.317 e. The van der Waals surface area contributed by atoms with Gasteiger partial charge < -0.3 is 15.2 Å². The first kappa shape index (κ1) is 14.6. The second kappa shape index (κ2) is 6.26. The zero-order valence-electron chi connectivity index (χ0n) is 13.6. The predicted molar refractivity (Wildman–Crippen MR) is 92.4 cm³/mol. The molecule has 2 aliphatic rings. The minimum atomic E-state index is 0.114. The predicted octanol–water partition coefficient (Wildman–Crippen LogP) is 3.96. The van der Waals surface area contributed by atoms with Gasteiger partial charge in [0.25, 0.3) is 0 Å². The highest BCUT2D eigenvalue weighted by Gasteiger charge is 2.24. The first-order valence-electron chi connectivity index (χ1n) is 8.95. The molecule has 4 nitrogen and oxygen atoms in total. The Balaban J connectivity index is 1.51. The van der Waals surface area contributed by atoms with Crippen molar-refractivity contribution >= 4 is 16.9 Å².